The summed E-state index contributed by atoms with van der Waals surface area (Å²) in [5.41, 5.74) is 1.24. The van der Waals surface area contributed by atoms with E-state index in [1.807, 2.05) is 0 Å². The molecule has 20 heavy (non-hydrogen) atoms. The Hall–Kier alpha value is -1.88. The lowest BCUT2D eigenvalue weighted by atomic mass is 10.1. The molecular weight excluding hydrogens is 293 g/mol. The maximum absolute atomic E-state index is 12.2. The van der Waals surface area contributed by atoms with E-state index in [0.717, 1.165) is 0 Å². The molecule has 0 atom stereocenters. The van der Waals surface area contributed by atoms with Gasteiger partial charge in [-0.25, -0.2) is 0 Å². The van der Waals surface area contributed by atoms with Gasteiger partial charge in [-0.3, -0.25) is 0 Å². The van der Waals surface area contributed by atoms with Crippen molar-refractivity contribution < 1.29 is 22.6 Å². The van der Waals surface area contributed by atoms with Crippen LogP contribution in [0.4, 0.5) is 13.2 Å². The van der Waals surface area contributed by atoms with Crippen molar-refractivity contribution in [2.24, 2.45) is 0 Å². The van der Waals surface area contributed by atoms with E-state index < -0.39 is 6.36 Å². The number of halogens is 4. The van der Waals surface area contributed by atoms with Gasteiger partial charge in [0.2, 0.25) is 0 Å². The van der Waals surface area contributed by atoms with Crippen molar-refractivity contribution in [2.45, 2.75) is 6.36 Å². The normalized spacial score (nSPS) is 11.2. The number of alkyl halides is 3. The summed E-state index contributed by atoms with van der Waals surface area (Å²) in [5, 5.41) is 0.382. The maximum Gasteiger partial charge on any atom is 0.573 e. The zero-order chi connectivity index (χ0) is 14.8. The molecule has 0 saturated heterocycles. The van der Waals surface area contributed by atoms with E-state index in [0.29, 0.717) is 21.9 Å². The minimum atomic E-state index is -4.71. The third kappa shape index (κ3) is 3.57. The number of ether oxygens (including phenoxy) is 2. The maximum atomic E-state index is 12.2. The summed E-state index contributed by atoms with van der Waals surface area (Å²) in [4.78, 5) is 0. The molecule has 106 valence electrons. The molecule has 0 heterocycles. The molecule has 0 spiro atoms. The van der Waals surface area contributed by atoms with Crippen LogP contribution in [0.3, 0.4) is 0 Å². The first-order chi connectivity index (χ1) is 9.39. The summed E-state index contributed by atoms with van der Waals surface area (Å²) >= 11 is 5.99. The van der Waals surface area contributed by atoms with Crippen molar-refractivity contribution in [1.82, 2.24) is 0 Å². The molecule has 0 aliphatic heterocycles. The van der Waals surface area contributed by atoms with Crippen LogP contribution in [0.2, 0.25) is 5.02 Å². The number of hydrogen-bond donors (Lipinski definition) is 0. The number of hydrogen-bond acceptors (Lipinski definition) is 2. The molecule has 0 bridgehead atoms. The Morgan fingerprint density at radius 1 is 1.00 bits per heavy atom. The van der Waals surface area contributed by atoms with Crippen molar-refractivity contribution >= 4 is 11.6 Å². The molecule has 0 N–H and O–H groups in total. The van der Waals surface area contributed by atoms with Crippen LogP contribution in [-0.2, 0) is 0 Å². The van der Waals surface area contributed by atoms with Crippen molar-refractivity contribution in [1.29, 1.82) is 0 Å². The standard InChI is InChI=1S/C14H10ClF3O2/c1-19-13-6-5-10(8-12(13)15)9-3-2-4-11(7-9)20-14(16,17)18/h2-8H,1H3. The van der Waals surface area contributed by atoms with Gasteiger partial charge in [-0.2, -0.15) is 0 Å². The fourth-order valence-electron chi connectivity index (χ4n) is 1.72. The summed E-state index contributed by atoms with van der Waals surface area (Å²) in [6, 6.07) is 10.7. The Balaban J connectivity index is 2.33. The van der Waals surface area contributed by atoms with Crippen LogP contribution in [0.15, 0.2) is 42.5 Å². The van der Waals surface area contributed by atoms with Crippen LogP contribution >= 0.6 is 11.6 Å². The highest BCUT2D eigenvalue weighted by Gasteiger charge is 2.31. The average Bonchev–Trinajstić information content (AvgIpc) is 2.37. The van der Waals surface area contributed by atoms with Crippen LogP contribution in [0, 0.1) is 0 Å². The number of benzene rings is 2. The zero-order valence-electron chi connectivity index (χ0n) is 10.4. The Kier molecular flexibility index (Phi) is 4.09. The van der Waals surface area contributed by atoms with Crippen LogP contribution in [0.1, 0.15) is 0 Å². The van der Waals surface area contributed by atoms with Gasteiger partial charge in [-0.05, 0) is 35.4 Å². The molecule has 6 heteroatoms. The van der Waals surface area contributed by atoms with Crippen LogP contribution < -0.4 is 9.47 Å². The fraction of sp³-hybridized carbons (Fsp3) is 0.143. The number of methoxy groups -OCH3 is 1. The van der Waals surface area contributed by atoms with Gasteiger partial charge in [0.05, 0.1) is 12.1 Å². The lowest BCUT2D eigenvalue weighted by molar-refractivity contribution is -0.274. The SMILES string of the molecule is COc1ccc(-c2cccc(OC(F)(F)F)c2)cc1Cl. The summed E-state index contributed by atoms with van der Waals surface area (Å²) in [6.07, 6.45) is -4.71. The van der Waals surface area contributed by atoms with E-state index in [4.69, 9.17) is 16.3 Å². The van der Waals surface area contributed by atoms with Crippen molar-refractivity contribution in [2.75, 3.05) is 7.11 Å². The molecule has 0 amide bonds. The van der Waals surface area contributed by atoms with Gasteiger partial charge in [0.15, 0.2) is 0 Å². The summed E-state index contributed by atoms with van der Waals surface area (Å²) in [5.74, 6) is 0.222. The first-order valence-electron chi connectivity index (χ1n) is 5.59. The molecule has 2 rings (SSSR count). The Morgan fingerprint density at radius 3 is 2.30 bits per heavy atom. The summed E-state index contributed by atoms with van der Waals surface area (Å²) in [7, 11) is 1.48. The lowest BCUT2D eigenvalue weighted by Gasteiger charge is -2.11. The fourth-order valence-corrected chi connectivity index (χ4v) is 1.98. The smallest absolute Gasteiger partial charge is 0.495 e. The second kappa shape index (κ2) is 5.63. The third-order valence-corrected chi connectivity index (χ3v) is 2.85. The zero-order valence-corrected chi connectivity index (χ0v) is 11.1. The van der Waals surface area contributed by atoms with E-state index in [1.165, 1.54) is 25.3 Å². The van der Waals surface area contributed by atoms with E-state index in [1.54, 1.807) is 24.3 Å². The Labute approximate surface area is 118 Å². The molecule has 0 fully saturated rings. The molecule has 0 aromatic heterocycles. The highest BCUT2D eigenvalue weighted by Crippen LogP contribution is 2.32. The van der Waals surface area contributed by atoms with Gasteiger partial charge in [0, 0.05) is 0 Å². The lowest BCUT2D eigenvalue weighted by Crippen LogP contribution is -2.17. The average molecular weight is 303 g/mol. The van der Waals surface area contributed by atoms with Crippen LogP contribution in [0.25, 0.3) is 11.1 Å². The second-order valence-corrected chi connectivity index (χ2v) is 4.33. The van der Waals surface area contributed by atoms with Gasteiger partial charge < -0.3 is 9.47 Å². The number of rotatable bonds is 3. The second-order valence-electron chi connectivity index (χ2n) is 3.92. The molecule has 2 aromatic carbocycles. The van der Waals surface area contributed by atoms with Crippen molar-refractivity contribution in [3.63, 3.8) is 0 Å². The topological polar surface area (TPSA) is 18.5 Å². The first-order valence-corrected chi connectivity index (χ1v) is 5.96. The Morgan fingerprint density at radius 2 is 1.70 bits per heavy atom. The molecule has 0 saturated carbocycles. The van der Waals surface area contributed by atoms with E-state index in [9.17, 15) is 13.2 Å². The van der Waals surface area contributed by atoms with Gasteiger partial charge in [0.1, 0.15) is 11.5 Å². The predicted octanol–water partition coefficient (Wildman–Crippen LogP) is 4.91. The van der Waals surface area contributed by atoms with Crippen molar-refractivity contribution in [3.05, 3.63) is 47.5 Å². The van der Waals surface area contributed by atoms with Gasteiger partial charge in [-0.15, -0.1) is 13.2 Å². The van der Waals surface area contributed by atoms with E-state index in [2.05, 4.69) is 4.74 Å². The molecule has 0 aliphatic rings. The molecule has 2 nitrogen and oxygen atoms in total. The predicted molar refractivity (Wildman–Crippen MR) is 70.1 cm³/mol. The molecule has 0 unspecified atom stereocenters. The summed E-state index contributed by atoms with van der Waals surface area (Å²) < 4.78 is 45.4. The Bertz CT molecular complexity index is 612. The van der Waals surface area contributed by atoms with E-state index in [-0.39, 0.29) is 5.75 Å². The third-order valence-electron chi connectivity index (χ3n) is 2.55. The minimum Gasteiger partial charge on any atom is -0.495 e. The monoisotopic (exact) mass is 302 g/mol. The van der Waals surface area contributed by atoms with Crippen LogP contribution in [-0.4, -0.2) is 13.5 Å². The highest BCUT2D eigenvalue weighted by atomic mass is 35.5. The van der Waals surface area contributed by atoms with Gasteiger partial charge in [0.25, 0.3) is 0 Å². The molecule has 0 radical (unpaired) electrons. The quantitative estimate of drug-likeness (QED) is 0.801. The first kappa shape index (κ1) is 14.5. The van der Waals surface area contributed by atoms with Gasteiger partial charge >= 0.3 is 6.36 Å². The summed E-state index contributed by atoms with van der Waals surface area (Å²) in [6.45, 7) is 0. The van der Waals surface area contributed by atoms with Gasteiger partial charge in [-0.1, -0.05) is 29.8 Å². The molecular formula is C14H10ClF3O2. The van der Waals surface area contributed by atoms with Crippen LogP contribution in [0.5, 0.6) is 11.5 Å². The minimum absolute atomic E-state index is 0.276. The largest absolute Gasteiger partial charge is 0.573 e. The molecule has 2 aromatic rings. The van der Waals surface area contributed by atoms with Crippen molar-refractivity contribution in [3.8, 4) is 22.6 Å². The molecule has 0 aliphatic carbocycles. The highest BCUT2D eigenvalue weighted by molar-refractivity contribution is 6.32. The van der Waals surface area contributed by atoms with E-state index >= 15 is 0 Å².